The Bertz CT molecular complexity index is 2970. The fourth-order valence-electron chi connectivity index (χ4n) is 8.03. The van der Waals surface area contributed by atoms with Crippen molar-refractivity contribution in [3.63, 3.8) is 0 Å². The largest absolute Gasteiger partial charge is 0.506 e. The quantitative estimate of drug-likeness (QED) is 0.00635. The predicted octanol–water partition coefficient (Wildman–Crippen LogP) is 9.26. The van der Waals surface area contributed by atoms with Crippen LogP contribution in [0.2, 0.25) is 0 Å². The summed E-state index contributed by atoms with van der Waals surface area (Å²) < 4.78 is 27.1. The molecule has 0 bridgehead atoms. The smallest absolute Gasteiger partial charge is 0.454 e. The normalized spacial score (nSPS) is 12.1. The van der Waals surface area contributed by atoms with Gasteiger partial charge in [0, 0.05) is 61.4 Å². The lowest BCUT2D eigenvalue weighted by atomic mass is 10.1. The van der Waals surface area contributed by atoms with Gasteiger partial charge in [0.2, 0.25) is 11.9 Å². The van der Waals surface area contributed by atoms with E-state index < -0.39 is 76.3 Å². The Morgan fingerprint density at radius 2 is 1.17 bits per heavy atom. The number of ether oxygens (including phenoxy) is 5. The molecule has 0 fully saturated rings. The summed E-state index contributed by atoms with van der Waals surface area (Å²) in [5.74, 6) is -1.63. The van der Waals surface area contributed by atoms with Crippen molar-refractivity contribution < 1.29 is 62.4 Å². The number of carboxylic acid groups (broad SMARTS) is 1. The first-order valence-electron chi connectivity index (χ1n) is 30.0. The standard InChI is InChI=1S/C35H54N6O7.C13H16N2.C12H24N4O3.C5H10O3/c1-12-21-40(22-19-24-23-41(32(45)48-35(8,9)10)27-18-14-13-16-25(24)27)28(42)26(36-11)17-15-20-37-29(38-30(43)46-33(2,3)4)39-31(44)47-34(5,6)7;1-2-8-14-9-7-11-10-15-13-6-4-3-5-12(11)13;1-12(2,3)19-10(18)9(17)8(15-4)6-5-7-16-11(13)14;1-5(2,3)8-4(6)7/h12-14,16,18,23,26,36H,1,15,17,19-22H2,2-11H3,(H2,37,38,39,43,44);2-6,10,14-15H,1,7-9H2;8,15H,5-7H2,1-4H3,(H4,13,14,16);1-3H3,(H,6,7)/t26-;;8-;/m0.0./s1. The van der Waals surface area contributed by atoms with Gasteiger partial charge < -0.3 is 66.1 Å². The van der Waals surface area contributed by atoms with E-state index in [-0.39, 0.29) is 24.4 Å². The summed E-state index contributed by atoms with van der Waals surface area (Å²) in [6.45, 7) is 36.7. The lowest BCUT2D eigenvalue weighted by Gasteiger charge is -2.26. The maximum absolute atomic E-state index is 13.7. The first-order valence-corrected chi connectivity index (χ1v) is 30.0. The summed E-state index contributed by atoms with van der Waals surface area (Å²) in [4.78, 5) is 97.8. The first kappa shape index (κ1) is 79.7. The number of nitrogens with two attached hydrogens (primary N) is 2. The minimum Gasteiger partial charge on any atom is -0.454 e. The van der Waals surface area contributed by atoms with Gasteiger partial charge in [0.25, 0.3) is 5.78 Å². The second-order valence-electron chi connectivity index (χ2n) is 25.6. The van der Waals surface area contributed by atoms with Crippen LogP contribution in [0.1, 0.15) is 141 Å². The highest BCUT2D eigenvalue weighted by atomic mass is 16.7. The Balaban J connectivity index is 0.000000773. The third-order valence-corrected chi connectivity index (χ3v) is 11.6. The molecule has 2 aromatic carbocycles. The number of alkyl carbamates (subject to hydrolysis) is 2. The fourth-order valence-corrected chi connectivity index (χ4v) is 8.03. The van der Waals surface area contributed by atoms with Crippen LogP contribution in [0, 0.1) is 0 Å². The van der Waals surface area contributed by atoms with Crippen LogP contribution in [-0.2, 0) is 50.9 Å². The minimum absolute atomic E-state index is 0.0134. The highest BCUT2D eigenvalue weighted by Gasteiger charge is 2.29. The van der Waals surface area contributed by atoms with E-state index in [4.69, 9.17) is 35.5 Å². The molecule has 2 aromatic heterocycles. The number of rotatable bonds is 23. The summed E-state index contributed by atoms with van der Waals surface area (Å²) >= 11 is 0. The van der Waals surface area contributed by atoms with E-state index in [1.165, 1.54) is 21.0 Å². The average molecular weight is 1260 g/mol. The van der Waals surface area contributed by atoms with Crippen LogP contribution < -0.4 is 38.1 Å². The summed E-state index contributed by atoms with van der Waals surface area (Å²) in [5.41, 5.74) is 11.2. The number of ketones is 1. The van der Waals surface area contributed by atoms with Crippen molar-refractivity contribution in [2.45, 2.75) is 182 Å². The minimum atomic E-state index is -1.22. The van der Waals surface area contributed by atoms with Gasteiger partial charge in [0.1, 0.15) is 28.0 Å². The average Bonchev–Trinajstić information content (AvgIpc) is 1.69. The number of carbonyl (C=O) groups is 7. The van der Waals surface area contributed by atoms with Crippen LogP contribution in [0.3, 0.4) is 0 Å². The molecule has 0 saturated heterocycles. The third kappa shape index (κ3) is 34.5. The zero-order valence-electron chi connectivity index (χ0n) is 56.3. The number of likely N-dealkylation sites (N-methyl/N-ethyl adjacent to an activating group) is 2. The monoisotopic (exact) mass is 1260 g/mol. The molecule has 0 radical (unpaired) electrons. The van der Waals surface area contributed by atoms with E-state index >= 15 is 0 Å². The molecule has 0 aliphatic heterocycles. The molecule has 0 aliphatic carbocycles. The lowest BCUT2D eigenvalue weighted by Crippen LogP contribution is -2.47. The number of aromatic amines is 1. The number of nitrogens with one attached hydrogen (secondary N) is 6. The molecule has 4 rings (SSSR count). The molecule has 0 aliphatic rings. The van der Waals surface area contributed by atoms with Crippen molar-refractivity contribution in [2.24, 2.45) is 21.5 Å². The van der Waals surface area contributed by atoms with Gasteiger partial charge in [-0.05, 0) is 186 Å². The zero-order valence-corrected chi connectivity index (χ0v) is 56.3. The summed E-state index contributed by atoms with van der Waals surface area (Å²) in [6.07, 6.45) is 7.68. The molecule has 25 nitrogen and oxygen atoms in total. The maximum Gasteiger partial charge on any atom is 0.506 e. The van der Waals surface area contributed by atoms with Crippen LogP contribution in [0.4, 0.5) is 19.2 Å². The number of hydrogen-bond acceptors (Lipinski definition) is 17. The topological polar surface area (TPSA) is 347 Å². The second-order valence-corrected chi connectivity index (χ2v) is 25.6. The predicted molar refractivity (Wildman–Crippen MR) is 355 cm³/mol. The van der Waals surface area contributed by atoms with Gasteiger partial charge in [0.15, 0.2) is 5.96 Å². The number of nitrogens with zero attached hydrogens (tertiary/aromatic N) is 4. The van der Waals surface area contributed by atoms with Crippen molar-refractivity contribution >= 4 is 75.8 Å². The molecule has 2 atom stereocenters. The number of guanidine groups is 2. The Morgan fingerprint density at radius 1 is 0.656 bits per heavy atom. The van der Waals surface area contributed by atoms with Crippen LogP contribution in [0.5, 0.6) is 0 Å². The molecule has 25 heteroatoms. The number of aromatic nitrogens is 2. The molecule has 11 N–H and O–H groups in total. The molecule has 2 heterocycles. The first-order chi connectivity index (χ1) is 41.7. The van der Waals surface area contributed by atoms with Gasteiger partial charge in [-0.1, -0.05) is 48.6 Å². The van der Waals surface area contributed by atoms with E-state index in [0.717, 1.165) is 36.0 Å². The van der Waals surface area contributed by atoms with Crippen LogP contribution in [-0.4, -0.2) is 167 Å². The number of hydrogen-bond donors (Lipinski definition) is 9. The van der Waals surface area contributed by atoms with Gasteiger partial charge in [0.05, 0.1) is 17.6 Å². The summed E-state index contributed by atoms with van der Waals surface area (Å²) in [5, 5.41) is 24.4. The Hall–Kier alpha value is -8.29. The van der Waals surface area contributed by atoms with E-state index in [9.17, 15) is 33.6 Å². The van der Waals surface area contributed by atoms with Crippen molar-refractivity contribution in [3.05, 3.63) is 97.4 Å². The Morgan fingerprint density at radius 3 is 1.66 bits per heavy atom. The highest BCUT2D eigenvalue weighted by Crippen LogP contribution is 2.24. The van der Waals surface area contributed by atoms with Gasteiger partial charge in [-0.15, -0.1) is 13.2 Å². The van der Waals surface area contributed by atoms with E-state index in [2.05, 4.69) is 89.9 Å². The number of benzene rings is 2. The van der Waals surface area contributed by atoms with Gasteiger partial charge in [-0.3, -0.25) is 34.8 Å². The van der Waals surface area contributed by atoms with E-state index in [1.807, 2.05) is 51.1 Å². The molecule has 0 saturated carbocycles. The summed E-state index contributed by atoms with van der Waals surface area (Å²) in [6, 6.07) is 14.9. The molecule has 4 aromatic rings. The number of aliphatic imine (C=N–C) groups is 2. The second kappa shape index (κ2) is 38.3. The Labute approximate surface area is 531 Å². The van der Waals surface area contributed by atoms with Crippen molar-refractivity contribution in [2.75, 3.05) is 53.4 Å². The van der Waals surface area contributed by atoms with E-state index in [1.54, 1.807) is 114 Å². The maximum atomic E-state index is 13.7. The highest BCUT2D eigenvalue weighted by molar-refractivity contribution is 6.35. The molecule has 0 spiro atoms. The van der Waals surface area contributed by atoms with Crippen molar-refractivity contribution in [3.8, 4) is 0 Å². The number of carbonyl (C=O) groups excluding carboxylic acids is 6. The van der Waals surface area contributed by atoms with Crippen LogP contribution in [0.15, 0.2) is 96.2 Å². The molecular weight excluding hydrogens is 1160 g/mol. The van der Waals surface area contributed by atoms with Crippen LogP contribution in [0.25, 0.3) is 21.8 Å². The summed E-state index contributed by atoms with van der Waals surface area (Å²) in [7, 11) is 3.33. The van der Waals surface area contributed by atoms with Gasteiger partial charge in [-0.2, -0.15) is 0 Å². The molecule has 0 unspecified atom stereocenters. The van der Waals surface area contributed by atoms with Crippen molar-refractivity contribution in [1.82, 2.24) is 41.0 Å². The van der Waals surface area contributed by atoms with Gasteiger partial charge >= 0.3 is 30.4 Å². The van der Waals surface area contributed by atoms with E-state index in [0.29, 0.717) is 51.7 Å². The number of esters is 1. The SMILES string of the molecule is C=CCN(CCc1cn(C(=O)OC(C)(C)C)c2ccccc12)C(=O)[C@H](CCCN=C(NC(=O)OC(C)(C)C)NC(=O)OC(C)(C)C)NC.C=CCNCCc1c[nH]c2ccccc12.CC(C)(C)OC(=O)O.CN[C@@H](CCCN=C(N)N)C(=O)C(=O)OC(C)(C)C. The number of para-hydroxylation sites is 2. The third-order valence-electron chi connectivity index (χ3n) is 11.6. The van der Waals surface area contributed by atoms with Crippen molar-refractivity contribution in [1.29, 1.82) is 0 Å². The lowest BCUT2D eigenvalue weighted by molar-refractivity contribution is -0.163. The fraction of sp³-hybridized carbons (Fsp3) is 0.554. The van der Waals surface area contributed by atoms with Gasteiger partial charge in [-0.25, -0.2) is 24.0 Å². The number of H-pyrrole nitrogens is 1. The molecule has 90 heavy (non-hydrogen) atoms. The number of fused-ring (bicyclic) bond motifs is 2. The number of Topliss-reactive ketones (excluding diaryl/α,β-unsaturated/α-hetero) is 1. The molecular formula is C65H104N12O13. The number of amides is 3. The molecule has 3 amide bonds. The zero-order chi connectivity index (χ0) is 68.6. The molecule has 502 valence electrons. The Kier molecular flexibility index (Phi) is 33.9. The van der Waals surface area contributed by atoms with Crippen LogP contribution >= 0.6 is 0 Å².